The lowest BCUT2D eigenvalue weighted by Gasteiger charge is -2.16. The second-order valence-corrected chi connectivity index (χ2v) is 4.78. The molecule has 1 aromatic rings. The normalized spacial score (nSPS) is 37.4. The van der Waals surface area contributed by atoms with Gasteiger partial charge in [0.1, 0.15) is 0 Å². The fourth-order valence-corrected chi connectivity index (χ4v) is 2.90. The third-order valence-electron chi connectivity index (χ3n) is 3.92. The van der Waals surface area contributed by atoms with Gasteiger partial charge in [0.25, 0.3) is 0 Å². The molecular weight excluding hydrogens is 188 g/mol. The van der Waals surface area contributed by atoms with Crippen molar-refractivity contribution in [2.24, 2.45) is 17.8 Å². The van der Waals surface area contributed by atoms with Crippen LogP contribution in [0.4, 0.5) is 5.82 Å². The molecule has 2 fully saturated rings. The van der Waals surface area contributed by atoms with E-state index in [1.54, 1.807) is 6.20 Å². The molecule has 3 heteroatoms. The van der Waals surface area contributed by atoms with Crippen molar-refractivity contribution in [3.05, 3.63) is 18.3 Å². The van der Waals surface area contributed by atoms with Crippen molar-refractivity contribution in [1.29, 1.82) is 0 Å². The number of nitrogen functional groups attached to an aromatic ring is 1. The van der Waals surface area contributed by atoms with Gasteiger partial charge < -0.3 is 10.5 Å². The Balaban J connectivity index is 1.65. The van der Waals surface area contributed by atoms with Crippen molar-refractivity contribution in [2.45, 2.75) is 25.9 Å². The van der Waals surface area contributed by atoms with Gasteiger partial charge in [0.2, 0.25) is 0 Å². The predicted molar refractivity (Wildman–Crippen MR) is 58.4 cm³/mol. The van der Waals surface area contributed by atoms with Crippen LogP contribution in [0.3, 0.4) is 0 Å². The summed E-state index contributed by atoms with van der Waals surface area (Å²) in [5, 5.41) is 0. The lowest BCUT2D eigenvalue weighted by atomic mass is 10.1. The van der Waals surface area contributed by atoms with E-state index in [2.05, 4.69) is 11.9 Å². The maximum Gasteiger partial charge on any atom is 0.166 e. The van der Waals surface area contributed by atoms with Gasteiger partial charge in [0.05, 0.1) is 6.10 Å². The van der Waals surface area contributed by atoms with Crippen molar-refractivity contribution in [1.82, 2.24) is 4.98 Å². The van der Waals surface area contributed by atoms with Gasteiger partial charge in [-0.15, -0.1) is 0 Å². The van der Waals surface area contributed by atoms with E-state index in [0.29, 0.717) is 11.9 Å². The average Bonchev–Trinajstić information content (AvgIpc) is 2.67. The molecule has 1 aromatic heterocycles. The highest BCUT2D eigenvalue weighted by atomic mass is 16.5. The molecule has 0 aromatic carbocycles. The molecule has 2 N–H and O–H groups in total. The number of ether oxygens (including phenoxy) is 1. The molecule has 15 heavy (non-hydrogen) atoms. The number of hydrogen-bond acceptors (Lipinski definition) is 3. The number of nitrogens with zero attached hydrogens (tertiary/aromatic N) is 1. The van der Waals surface area contributed by atoms with Gasteiger partial charge >= 0.3 is 0 Å². The first-order chi connectivity index (χ1) is 7.25. The number of anilines is 1. The van der Waals surface area contributed by atoms with Gasteiger partial charge in [-0.3, -0.25) is 0 Å². The second kappa shape index (κ2) is 3.12. The molecule has 3 rings (SSSR count). The quantitative estimate of drug-likeness (QED) is 0.802. The van der Waals surface area contributed by atoms with E-state index in [1.165, 1.54) is 12.8 Å². The van der Waals surface area contributed by atoms with Crippen LogP contribution < -0.4 is 10.5 Å². The number of hydrogen-bond donors (Lipinski definition) is 1. The fourth-order valence-electron chi connectivity index (χ4n) is 2.90. The highest BCUT2D eigenvalue weighted by Crippen LogP contribution is 2.57. The van der Waals surface area contributed by atoms with E-state index in [0.717, 1.165) is 23.5 Å². The summed E-state index contributed by atoms with van der Waals surface area (Å²) in [7, 11) is 0. The second-order valence-electron chi connectivity index (χ2n) is 4.78. The number of nitrogens with two attached hydrogens (primary N) is 1. The molecule has 2 aliphatic rings. The molecule has 0 saturated heterocycles. The number of pyridine rings is 1. The van der Waals surface area contributed by atoms with Gasteiger partial charge in [-0.2, -0.15) is 0 Å². The zero-order valence-corrected chi connectivity index (χ0v) is 8.89. The summed E-state index contributed by atoms with van der Waals surface area (Å²) in [5.41, 5.74) is 5.74. The molecule has 2 unspecified atom stereocenters. The van der Waals surface area contributed by atoms with Crippen LogP contribution in [0.5, 0.6) is 5.75 Å². The zero-order valence-electron chi connectivity index (χ0n) is 8.89. The van der Waals surface area contributed by atoms with Gasteiger partial charge in [-0.1, -0.05) is 6.92 Å². The average molecular weight is 204 g/mol. The predicted octanol–water partition coefficient (Wildman–Crippen LogP) is 2.09. The SMILES string of the molecule is CC1[C@H]2CC(Oc3cccnc3N)C[C@@H]12. The highest BCUT2D eigenvalue weighted by molar-refractivity contribution is 5.44. The molecule has 0 spiro atoms. The number of rotatable bonds is 2. The van der Waals surface area contributed by atoms with Crippen molar-refractivity contribution in [3.8, 4) is 5.75 Å². The van der Waals surface area contributed by atoms with Crippen molar-refractivity contribution >= 4 is 5.82 Å². The maximum absolute atomic E-state index is 5.87. The van der Waals surface area contributed by atoms with Crippen molar-refractivity contribution in [3.63, 3.8) is 0 Å². The summed E-state index contributed by atoms with van der Waals surface area (Å²) in [6.45, 7) is 2.34. The smallest absolute Gasteiger partial charge is 0.166 e. The van der Waals surface area contributed by atoms with Gasteiger partial charge in [0.15, 0.2) is 11.6 Å². The minimum absolute atomic E-state index is 0.364. The Kier molecular flexibility index (Phi) is 1.87. The number of aromatic nitrogens is 1. The molecule has 0 amide bonds. The van der Waals surface area contributed by atoms with Gasteiger partial charge in [-0.05, 0) is 42.7 Å². The van der Waals surface area contributed by atoms with Gasteiger partial charge in [0, 0.05) is 6.20 Å². The van der Waals surface area contributed by atoms with Crippen molar-refractivity contribution in [2.75, 3.05) is 5.73 Å². The van der Waals surface area contributed by atoms with Crippen LogP contribution in [0.1, 0.15) is 19.8 Å². The fraction of sp³-hybridized carbons (Fsp3) is 0.583. The lowest BCUT2D eigenvalue weighted by Crippen LogP contribution is -2.16. The summed E-state index contributed by atoms with van der Waals surface area (Å²) >= 11 is 0. The molecule has 1 heterocycles. The largest absolute Gasteiger partial charge is 0.487 e. The molecule has 0 radical (unpaired) electrons. The Morgan fingerprint density at radius 3 is 2.80 bits per heavy atom. The summed E-state index contributed by atoms with van der Waals surface area (Å²) in [6, 6.07) is 3.76. The first kappa shape index (κ1) is 9.01. The minimum atomic E-state index is 0.364. The lowest BCUT2D eigenvalue weighted by molar-refractivity contribution is 0.188. The van der Waals surface area contributed by atoms with Crippen LogP contribution in [0.2, 0.25) is 0 Å². The maximum atomic E-state index is 5.87. The summed E-state index contributed by atoms with van der Waals surface area (Å²) in [4.78, 5) is 4.02. The van der Waals surface area contributed by atoms with Crippen LogP contribution in [0, 0.1) is 17.8 Å². The van der Waals surface area contributed by atoms with E-state index in [1.807, 2.05) is 12.1 Å². The number of fused-ring (bicyclic) bond motifs is 1. The molecule has 0 bridgehead atoms. The van der Waals surface area contributed by atoms with Crippen LogP contribution in [0.15, 0.2) is 18.3 Å². The van der Waals surface area contributed by atoms with Gasteiger partial charge in [-0.25, -0.2) is 4.98 Å². The Morgan fingerprint density at radius 2 is 2.13 bits per heavy atom. The van der Waals surface area contributed by atoms with E-state index in [-0.39, 0.29) is 0 Å². The van der Waals surface area contributed by atoms with E-state index in [9.17, 15) is 0 Å². The molecule has 80 valence electrons. The third kappa shape index (κ3) is 1.46. The highest BCUT2D eigenvalue weighted by Gasteiger charge is 2.53. The zero-order chi connectivity index (χ0) is 10.4. The minimum Gasteiger partial charge on any atom is -0.487 e. The van der Waals surface area contributed by atoms with Crippen LogP contribution in [-0.4, -0.2) is 11.1 Å². The first-order valence-electron chi connectivity index (χ1n) is 5.63. The molecule has 2 aliphatic carbocycles. The van der Waals surface area contributed by atoms with E-state index < -0.39 is 0 Å². The summed E-state index contributed by atoms with van der Waals surface area (Å²) in [6.07, 6.45) is 4.44. The Labute approximate surface area is 89.6 Å². The molecule has 3 nitrogen and oxygen atoms in total. The van der Waals surface area contributed by atoms with Crippen molar-refractivity contribution < 1.29 is 4.74 Å². The Bertz CT molecular complexity index is 368. The molecular formula is C12H16N2O. The van der Waals surface area contributed by atoms with Crippen LogP contribution in [0.25, 0.3) is 0 Å². The van der Waals surface area contributed by atoms with E-state index >= 15 is 0 Å². The van der Waals surface area contributed by atoms with Crippen LogP contribution >= 0.6 is 0 Å². The first-order valence-corrected chi connectivity index (χ1v) is 5.63. The molecule has 2 saturated carbocycles. The van der Waals surface area contributed by atoms with Crippen LogP contribution in [-0.2, 0) is 0 Å². The summed E-state index contributed by atoms with van der Waals surface area (Å²) < 4.78 is 5.87. The molecule has 0 aliphatic heterocycles. The third-order valence-corrected chi connectivity index (χ3v) is 3.92. The molecule has 4 atom stereocenters. The Hall–Kier alpha value is -1.25. The van der Waals surface area contributed by atoms with E-state index in [4.69, 9.17) is 10.5 Å². The monoisotopic (exact) mass is 204 g/mol. The topological polar surface area (TPSA) is 48.1 Å². The standard InChI is InChI=1S/C12H16N2O/c1-7-9-5-8(6-10(7)9)15-11-3-2-4-14-12(11)13/h2-4,7-10H,5-6H2,1H3,(H2,13,14)/t7?,8?,9-,10+. The summed E-state index contributed by atoms with van der Waals surface area (Å²) in [5.74, 6) is 4.00. The Morgan fingerprint density at radius 1 is 1.40 bits per heavy atom.